The van der Waals surface area contributed by atoms with Crippen LogP contribution < -0.4 is 0 Å². The van der Waals surface area contributed by atoms with Crippen molar-refractivity contribution in [1.82, 2.24) is 4.90 Å². The summed E-state index contributed by atoms with van der Waals surface area (Å²) in [5.74, 6) is 0.590. The van der Waals surface area contributed by atoms with Gasteiger partial charge in [0.05, 0.1) is 6.10 Å². The number of rotatable bonds is 5. The summed E-state index contributed by atoms with van der Waals surface area (Å²) < 4.78 is 0. The predicted molar refractivity (Wildman–Crippen MR) is 65.1 cm³/mol. The third kappa shape index (κ3) is 4.97. The van der Waals surface area contributed by atoms with Crippen LogP contribution in [0.1, 0.15) is 46.5 Å². The third-order valence-electron chi connectivity index (χ3n) is 3.14. The highest BCUT2D eigenvalue weighted by atomic mass is 16.3. The second kappa shape index (κ2) is 5.17. The quantitative estimate of drug-likeness (QED) is 0.781. The molecule has 0 aliphatic heterocycles. The van der Waals surface area contributed by atoms with Crippen LogP contribution in [0.2, 0.25) is 0 Å². The number of hydrogen-bond donors (Lipinski definition) is 1. The zero-order chi connectivity index (χ0) is 12.3. The zero-order valence-corrected chi connectivity index (χ0v) is 11.0. The van der Waals surface area contributed by atoms with E-state index in [1.807, 2.05) is 0 Å². The lowest BCUT2D eigenvalue weighted by atomic mass is 9.90. The maximum absolute atomic E-state index is 11.8. The van der Waals surface area contributed by atoms with Crippen molar-refractivity contribution in [1.29, 1.82) is 0 Å². The molecule has 0 spiro atoms. The van der Waals surface area contributed by atoms with Gasteiger partial charge in [-0.15, -0.1) is 0 Å². The first-order chi connectivity index (χ1) is 7.29. The lowest BCUT2D eigenvalue weighted by Crippen LogP contribution is -2.35. The van der Waals surface area contributed by atoms with E-state index in [1.165, 1.54) is 0 Å². The second-order valence-electron chi connectivity index (χ2n) is 6.24. The number of nitrogens with zero attached hydrogens (tertiary/aromatic N) is 1. The summed E-state index contributed by atoms with van der Waals surface area (Å²) in [5.41, 5.74) is 0.200. The summed E-state index contributed by atoms with van der Waals surface area (Å²) in [5, 5.41) is 9.74. The summed E-state index contributed by atoms with van der Waals surface area (Å²) in [6.07, 6.45) is 3.40. The van der Waals surface area contributed by atoms with E-state index in [0.717, 1.165) is 19.3 Å². The second-order valence-corrected chi connectivity index (χ2v) is 6.24. The average molecular weight is 227 g/mol. The molecule has 3 heteroatoms. The van der Waals surface area contributed by atoms with Crippen molar-refractivity contribution in [2.75, 3.05) is 13.6 Å². The van der Waals surface area contributed by atoms with Crippen molar-refractivity contribution in [2.24, 2.45) is 11.3 Å². The molecule has 0 saturated heterocycles. The summed E-state index contributed by atoms with van der Waals surface area (Å²) in [7, 11) is 1.79. The van der Waals surface area contributed by atoms with E-state index in [2.05, 4.69) is 20.8 Å². The normalized spacial score (nSPS) is 18.3. The van der Waals surface area contributed by atoms with Crippen LogP contribution in [0.3, 0.4) is 0 Å². The Morgan fingerprint density at radius 3 is 2.44 bits per heavy atom. The molecule has 1 N–H and O–H groups in total. The molecule has 1 atom stereocenters. The Morgan fingerprint density at radius 2 is 2.00 bits per heavy atom. The first kappa shape index (κ1) is 13.5. The van der Waals surface area contributed by atoms with E-state index >= 15 is 0 Å². The molecule has 0 heterocycles. The minimum absolute atomic E-state index is 0.148. The molecule has 0 aromatic carbocycles. The molecule has 16 heavy (non-hydrogen) atoms. The van der Waals surface area contributed by atoms with Crippen LogP contribution >= 0.6 is 0 Å². The minimum atomic E-state index is -0.316. The number of likely N-dealkylation sites (N-methyl/N-ethyl adjacent to an activating group) is 1. The van der Waals surface area contributed by atoms with E-state index in [9.17, 15) is 9.90 Å². The Morgan fingerprint density at radius 1 is 1.44 bits per heavy atom. The molecule has 0 radical (unpaired) electrons. The van der Waals surface area contributed by atoms with Crippen LogP contribution in [0.15, 0.2) is 0 Å². The molecular formula is C13H25NO2. The monoisotopic (exact) mass is 227 g/mol. The molecule has 1 amide bonds. The summed E-state index contributed by atoms with van der Waals surface area (Å²) >= 11 is 0. The van der Waals surface area contributed by atoms with Crippen molar-refractivity contribution in [2.45, 2.75) is 52.6 Å². The minimum Gasteiger partial charge on any atom is -0.391 e. The highest BCUT2D eigenvalue weighted by molar-refractivity contribution is 5.75. The van der Waals surface area contributed by atoms with Gasteiger partial charge in [0, 0.05) is 20.0 Å². The van der Waals surface area contributed by atoms with Crippen LogP contribution in [0.5, 0.6) is 0 Å². The molecule has 1 saturated carbocycles. The van der Waals surface area contributed by atoms with Crippen molar-refractivity contribution in [3.05, 3.63) is 0 Å². The molecule has 0 aromatic heterocycles. The highest BCUT2D eigenvalue weighted by Gasteiger charge is 2.31. The van der Waals surface area contributed by atoms with Gasteiger partial charge in [-0.25, -0.2) is 0 Å². The largest absolute Gasteiger partial charge is 0.391 e. The van der Waals surface area contributed by atoms with Crippen LogP contribution in [0, 0.1) is 11.3 Å². The lowest BCUT2D eigenvalue weighted by Gasteiger charge is -2.23. The third-order valence-corrected chi connectivity index (χ3v) is 3.14. The lowest BCUT2D eigenvalue weighted by molar-refractivity contribution is -0.131. The van der Waals surface area contributed by atoms with Crippen LogP contribution in [0.4, 0.5) is 0 Å². The van der Waals surface area contributed by atoms with E-state index in [0.29, 0.717) is 18.9 Å². The van der Waals surface area contributed by atoms with Crippen molar-refractivity contribution in [3.63, 3.8) is 0 Å². The number of amides is 1. The van der Waals surface area contributed by atoms with E-state index in [1.54, 1.807) is 11.9 Å². The Balaban J connectivity index is 2.24. The fourth-order valence-electron chi connectivity index (χ4n) is 1.69. The molecule has 1 fully saturated rings. The van der Waals surface area contributed by atoms with Gasteiger partial charge in [0.25, 0.3) is 0 Å². The van der Waals surface area contributed by atoms with Gasteiger partial charge < -0.3 is 10.0 Å². The SMILES string of the molecule is CN(CC(O)C1CC1)C(=O)CCC(C)(C)C. The maximum Gasteiger partial charge on any atom is 0.222 e. The molecule has 1 rings (SSSR count). The van der Waals surface area contributed by atoms with E-state index in [4.69, 9.17) is 0 Å². The van der Waals surface area contributed by atoms with Gasteiger partial charge in [-0.2, -0.15) is 0 Å². The number of aliphatic hydroxyl groups excluding tert-OH is 1. The smallest absolute Gasteiger partial charge is 0.222 e. The van der Waals surface area contributed by atoms with Crippen molar-refractivity contribution in [3.8, 4) is 0 Å². The molecule has 1 aliphatic carbocycles. The van der Waals surface area contributed by atoms with Crippen LogP contribution in [-0.4, -0.2) is 35.6 Å². The standard InChI is InChI=1S/C13H25NO2/c1-13(2,3)8-7-12(16)14(4)9-11(15)10-5-6-10/h10-11,15H,5-9H2,1-4H3. The van der Waals surface area contributed by atoms with E-state index in [-0.39, 0.29) is 17.4 Å². The van der Waals surface area contributed by atoms with Gasteiger partial charge in [-0.3, -0.25) is 4.79 Å². The van der Waals surface area contributed by atoms with Gasteiger partial charge >= 0.3 is 0 Å². The van der Waals surface area contributed by atoms with Crippen LogP contribution in [-0.2, 0) is 4.79 Å². The Hall–Kier alpha value is -0.570. The molecule has 1 aliphatic rings. The number of aliphatic hydroxyl groups is 1. The number of hydrogen-bond acceptors (Lipinski definition) is 2. The first-order valence-electron chi connectivity index (χ1n) is 6.21. The first-order valence-corrected chi connectivity index (χ1v) is 6.21. The highest BCUT2D eigenvalue weighted by Crippen LogP contribution is 2.32. The topological polar surface area (TPSA) is 40.5 Å². The molecule has 94 valence electrons. The zero-order valence-electron chi connectivity index (χ0n) is 11.0. The average Bonchev–Trinajstić information content (AvgIpc) is 2.95. The Kier molecular flexibility index (Phi) is 4.36. The van der Waals surface area contributed by atoms with Crippen molar-refractivity contribution < 1.29 is 9.90 Å². The molecule has 3 nitrogen and oxygen atoms in total. The predicted octanol–water partition coefficient (Wildman–Crippen LogP) is 2.04. The Labute approximate surface area is 98.8 Å². The number of carbonyl (C=O) groups is 1. The van der Waals surface area contributed by atoms with Crippen LogP contribution in [0.25, 0.3) is 0 Å². The summed E-state index contributed by atoms with van der Waals surface area (Å²) in [4.78, 5) is 13.5. The summed E-state index contributed by atoms with van der Waals surface area (Å²) in [6, 6.07) is 0. The van der Waals surface area contributed by atoms with Crippen molar-refractivity contribution >= 4 is 5.91 Å². The van der Waals surface area contributed by atoms with Gasteiger partial charge in [-0.05, 0) is 30.6 Å². The molecule has 1 unspecified atom stereocenters. The maximum atomic E-state index is 11.8. The fraction of sp³-hybridized carbons (Fsp3) is 0.923. The van der Waals surface area contributed by atoms with Gasteiger partial charge in [0.2, 0.25) is 5.91 Å². The van der Waals surface area contributed by atoms with Gasteiger partial charge in [0.1, 0.15) is 0 Å². The van der Waals surface area contributed by atoms with Gasteiger partial charge in [-0.1, -0.05) is 20.8 Å². The number of carbonyl (C=O) groups excluding carboxylic acids is 1. The molecule has 0 bridgehead atoms. The van der Waals surface area contributed by atoms with E-state index < -0.39 is 0 Å². The fourth-order valence-corrected chi connectivity index (χ4v) is 1.69. The summed E-state index contributed by atoms with van der Waals surface area (Å²) in [6.45, 7) is 6.91. The van der Waals surface area contributed by atoms with Gasteiger partial charge in [0.15, 0.2) is 0 Å². The molecular weight excluding hydrogens is 202 g/mol. The Bertz CT molecular complexity index is 241. The molecule has 0 aromatic rings.